The van der Waals surface area contributed by atoms with Crippen LogP contribution < -0.4 is 16.4 Å². The van der Waals surface area contributed by atoms with Crippen molar-refractivity contribution in [3.63, 3.8) is 0 Å². The normalized spacial score (nSPS) is 11.3. The van der Waals surface area contributed by atoms with Gasteiger partial charge in [0.25, 0.3) is 5.91 Å². The average Bonchev–Trinajstić information content (AvgIpc) is 3.46. The van der Waals surface area contributed by atoms with Crippen LogP contribution in [-0.2, 0) is 16.1 Å². The number of nitrogens with one attached hydrogen (secondary N) is 2. The van der Waals surface area contributed by atoms with Gasteiger partial charge in [0.15, 0.2) is 5.13 Å². The number of nitrogen functional groups attached to an aromatic ring is 1. The Morgan fingerprint density at radius 1 is 1.25 bits per heavy atom. The highest BCUT2D eigenvalue weighted by atomic mass is 32.1. The Kier molecular flexibility index (Phi) is 6.43. The number of ether oxygens (including phenoxy) is 1. The minimum atomic E-state index is -0.514. The lowest BCUT2D eigenvalue weighted by Gasteiger charge is -2.13. The van der Waals surface area contributed by atoms with Gasteiger partial charge in [-0.3, -0.25) is 4.79 Å². The van der Waals surface area contributed by atoms with Crippen molar-refractivity contribution in [3.8, 4) is 0 Å². The van der Waals surface area contributed by atoms with Crippen molar-refractivity contribution in [2.24, 2.45) is 0 Å². The number of hydrogen-bond acceptors (Lipinski definition) is 9. The maximum absolute atomic E-state index is 12.9. The molecule has 1 amide bonds. The molecule has 0 aliphatic rings. The van der Waals surface area contributed by atoms with Crippen LogP contribution in [0.15, 0.2) is 59.4 Å². The smallest absolute Gasteiger partial charge is 0.332 e. The highest BCUT2D eigenvalue weighted by Gasteiger charge is 2.15. The summed E-state index contributed by atoms with van der Waals surface area (Å²) in [4.78, 5) is 33.3. The third-order valence-corrected chi connectivity index (χ3v) is 6.05. The standard InChI is InChI=1S/C22H19N5O3S2/c1-30-19(28)10-17(14-6-8-31-12-14)26-20-15(3-2-7-24-20)21(29)25-11-13-4-5-16-18(9-13)32-22(23)27-16/h2-10,12H,11H2,1H3,(H2,23,27)(H,24,26)(H,25,29)/b17-10-. The molecule has 4 aromatic rings. The summed E-state index contributed by atoms with van der Waals surface area (Å²) in [5, 5.41) is 10.3. The number of esters is 1. The lowest BCUT2D eigenvalue weighted by molar-refractivity contribution is -0.134. The topological polar surface area (TPSA) is 119 Å². The molecule has 162 valence electrons. The number of thiophene rings is 1. The molecule has 0 atom stereocenters. The summed E-state index contributed by atoms with van der Waals surface area (Å²) < 4.78 is 5.71. The number of carbonyl (C=O) groups is 2. The second kappa shape index (κ2) is 9.58. The van der Waals surface area contributed by atoms with E-state index >= 15 is 0 Å². The number of pyridine rings is 1. The van der Waals surface area contributed by atoms with Crippen LogP contribution in [0.1, 0.15) is 21.5 Å². The number of nitrogens with zero attached hydrogens (tertiary/aromatic N) is 2. The first-order valence-corrected chi connectivity index (χ1v) is 11.3. The zero-order valence-corrected chi connectivity index (χ0v) is 18.6. The average molecular weight is 466 g/mol. The summed E-state index contributed by atoms with van der Waals surface area (Å²) in [6, 6.07) is 10.9. The largest absolute Gasteiger partial charge is 0.466 e. The Bertz CT molecular complexity index is 1300. The minimum Gasteiger partial charge on any atom is -0.466 e. The third-order valence-electron chi connectivity index (χ3n) is 4.52. The Morgan fingerprint density at radius 3 is 2.91 bits per heavy atom. The number of hydrogen-bond donors (Lipinski definition) is 3. The van der Waals surface area contributed by atoms with Gasteiger partial charge in [-0.25, -0.2) is 14.8 Å². The molecule has 8 nitrogen and oxygen atoms in total. The molecule has 1 aromatic carbocycles. The number of fused-ring (bicyclic) bond motifs is 1. The molecule has 0 aliphatic heterocycles. The Labute approximate surface area is 191 Å². The minimum absolute atomic E-state index is 0.299. The molecule has 3 heterocycles. The van der Waals surface area contributed by atoms with Crippen LogP contribution >= 0.6 is 22.7 Å². The summed E-state index contributed by atoms with van der Waals surface area (Å²) in [7, 11) is 1.31. The second-order valence-electron chi connectivity index (χ2n) is 6.65. The van der Waals surface area contributed by atoms with E-state index in [1.165, 1.54) is 35.9 Å². The predicted molar refractivity (Wildman–Crippen MR) is 127 cm³/mol. The molecule has 0 unspecified atom stereocenters. The maximum atomic E-state index is 12.9. The summed E-state index contributed by atoms with van der Waals surface area (Å²) in [5.74, 6) is -0.482. The van der Waals surface area contributed by atoms with Gasteiger partial charge in [0, 0.05) is 29.8 Å². The molecule has 4 N–H and O–H groups in total. The number of thiazole rings is 1. The summed E-state index contributed by atoms with van der Waals surface area (Å²) >= 11 is 2.89. The molecule has 0 saturated heterocycles. The van der Waals surface area contributed by atoms with E-state index in [4.69, 9.17) is 10.5 Å². The van der Waals surface area contributed by atoms with E-state index in [0.717, 1.165) is 21.3 Å². The van der Waals surface area contributed by atoms with Gasteiger partial charge in [0.2, 0.25) is 0 Å². The van der Waals surface area contributed by atoms with Gasteiger partial charge in [0.05, 0.1) is 28.6 Å². The fraction of sp³-hybridized carbons (Fsp3) is 0.0909. The number of benzene rings is 1. The van der Waals surface area contributed by atoms with E-state index in [2.05, 4.69) is 20.6 Å². The third kappa shape index (κ3) is 4.93. The van der Waals surface area contributed by atoms with E-state index in [1.807, 2.05) is 35.0 Å². The first-order chi connectivity index (χ1) is 15.5. The number of rotatable bonds is 7. The van der Waals surface area contributed by atoms with Gasteiger partial charge in [-0.05, 0) is 41.3 Å². The van der Waals surface area contributed by atoms with Gasteiger partial charge in [-0.2, -0.15) is 11.3 Å². The summed E-state index contributed by atoms with van der Waals surface area (Å²) in [5.41, 5.74) is 9.14. The lowest BCUT2D eigenvalue weighted by atomic mass is 10.1. The molecular formula is C22H19N5O3S2. The van der Waals surface area contributed by atoms with Crippen molar-refractivity contribution in [2.45, 2.75) is 6.54 Å². The van der Waals surface area contributed by atoms with Crippen LogP contribution in [0.4, 0.5) is 10.9 Å². The van der Waals surface area contributed by atoms with Gasteiger partial charge < -0.3 is 21.1 Å². The van der Waals surface area contributed by atoms with Crippen molar-refractivity contribution >= 4 is 61.4 Å². The predicted octanol–water partition coefficient (Wildman–Crippen LogP) is 3.89. The SMILES string of the molecule is COC(=O)/C=C(\Nc1ncccc1C(=O)NCc1ccc2nc(N)sc2c1)c1ccsc1. The van der Waals surface area contributed by atoms with E-state index < -0.39 is 5.97 Å². The fourth-order valence-corrected chi connectivity index (χ4v) is 4.43. The number of methoxy groups -OCH3 is 1. The number of carbonyl (C=O) groups excluding carboxylic acids is 2. The van der Waals surface area contributed by atoms with Crippen molar-refractivity contribution in [1.29, 1.82) is 0 Å². The lowest BCUT2D eigenvalue weighted by Crippen LogP contribution is -2.24. The zero-order valence-electron chi connectivity index (χ0n) is 17.0. The summed E-state index contributed by atoms with van der Waals surface area (Å²) in [6.07, 6.45) is 2.90. The van der Waals surface area contributed by atoms with E-state index in [9.17, 15) is 9.59 Å². The molecule has 0 fully saturated rings. The van der Waals surface area contributed by atoms with Crippen molar-refractivity contribution in [3.05, 3.63) is 76.1 Å². The maximum Gasteiger partial charge on any atom is 0.332 e. The molecule has 0 aliphatic carbocycles. The first kappa shape index (κ1) is 21.5. The quantitative estimate of drug-likeness (QED) is 0.280. The Hall–Kier alpha value is -3.76. The van der Waals surface area contributed by atoms with Crippen LogP contribution in [0.2, 0.25) is 0 Å². The van der Waals surface area contributed by atoms with Crippen molar-refractivity contribution in [2.75, 3.05) is 18.2 Å². The Balaban J connectivity index is 1.53. The van der Waals surface area contributed by atoms with Gasteiger partial charge in [0.1, 0.15) is 5.82 Å². The van der Waals surface area contributed by atoms with Crippen LogP contribution in [0.5, 0.6) is 0 Å². The molecule has 0 bridgehead atoms. The number of aromatic nitrogens is 2. The van der Waals surface area contributed by atoms with E-state index in [1.54, 1.807) is 18.3 Å². The molecule has 0 radical (unpaired) electrons. The number of amides is 1. The van der Waals surface area contributed by atoms with Crippen molar-refractivity contribution in [1.82, 2.24) is 15.3 Å². The highest BCUT2D eigenvalue weighted by Crippen LogP contribution is 2.25. The summed E-state index contributed by atoms with van der Waals surface area (Å²) in [6.45, 7) is 0.330. The monoisotopic (exact) mass is 465 g/mol. The second-order valence-corrected chi connectivity index (χ2v) is 8.50. The molecular weight excluding hydrogens is 446 g/mol. The molecule has 4 rings (SSSR count). The first-order valence-electron chi connectivity index (χ1n) is 9.51. The van der Waals surface area contributed by atoms with E-state index in [-0.39, 0.29) is 5.91 Å². The zero-order chi connectivity index (χ0) is 22.5. The van der Waals surface area contributed by atoms with Crippen LogP contribution in [0.3, 0.4) is 0 Å². The fourth-order valence-electron chi connectivity index (χ4n) is 2.98. The van der Waals surface area contributed by atoms with Crippen LogP contribution in [0, 0.1) is 0 Å². The van der Waals surface area contributed by atoms with E-state index in [0.29, 0.717) is 28.8 Å². The Morgan fingerprint density at radius 2 is 2.12 bits per heavy atom. The molecule has 0 spiro atoms. The highest BCUT2D eigenvalue weighted by molar-refractivity contribution is 7.22. The molecule has 32 heavy (non-hydrogen) atoms. The molecule has 10 heteroatoms. The number of anilines is 2. The van der Waals surface area contributed by atoms with Gasteiger partial charge in [-0.1, -0.05) is 17.4 Å². The molecule has 0 saturated carbocycles. The number of nitrogens with two attached hydrogens (primary N) is 1. The van der Waals surface area contributed by atoms with Gasteiger partial charge in [-0.15, -0.1) is 0 Å². The van der Waals surface area contributed by atoms with Crippen LogP contribution in [0.25, 0.3) is 15.9 Å². The van der Waals surface area contributed by atoms with Crippen LogP contribution in [-0.4, -0.2) is 29.0 Å². The van der Waals surface area contributed by atoms with Crippen molar-refractivity contribution < 1.29 is 14.3 Å². The molecule has 3 aromatic heterocycles. The van der Waals surface area contributed by atoms with Gasteiger partial charge >= 0.3 is 5.97 Å².